The maximum Gasteiger partial charge on any atom is 0.130 e. The number of ketones is 1. The molecule has 0 aliphatic carbocycles. The number of Topliss-reactive ketones (excluding diaryl/α,β-unsaturated/α-hetero) is 1. The smallest absolute Gasteiger partial charge is 0.130 e. The Morgan fingerprint density at radius 1 is 0.636 bits per heavy atom. The first-order valence-corrected chi connectivity index (χ1v) is 8.51. The third kappa shape index (κ3) is 18.4. The predicted octanol–water partition coefficient (Wildman–Crippen LogP) is 6.50. The largest absolute Gasteiger partial charge is 0.300 e. The lowest BCUT2D eigenvalue weighted by molar-refractivity contribution is -0.116. The van der Waals surface area contributed by atoms with Gasteiger partial charge in [-0.25, -0.2) is 0 Å². The van der Waals surface area contributed by atoms with Crippen molar-refractivity contribution < 1.29 is 4.79 Å². The first kappa shape index (κ1) is 20.4. The lowest BCUT2D eigenvalue weighted by atomic mass is 10.2. The van der Waals surface area contributed by atoms with Crippen LogP contribution < -0.4 is 0 Å². The van der Waals surface area contributed by atoms with E-state index in [1.807, 2.05) is 0 Å². The van der Waals surface area contributed by atoms with Gasteiger partial charge in [-0.1, -0.05) is 74.1 Å². The second-order valence-corrected chi connectivity index (χ2v) is 5.33. The summed E-state index contributed by atoms with van der Waals surface area (Å²) in [5.74, 6) is 0.261. The summed E-state index contributed by atoms with van der Waals surface area (Å²) in [6, 6.07) is 0. The highest BCUT2D eigenvalue weighted by Crippen LogP contribution is 1.97. The molecule has 0 aromatic rings. The first-order valence-electron chi connectivity index (χ1n) is 8.51. The molecule has 0 fully saturated rings. The van der Waals surface area contributed by atoms with Crippen molar-refractivity contribution in [1.82, 2.24) is 0 Å². The Balaban J connectivity index is 3.48. The van der Waals surface area contributed by atoms with E-state index in [-0.39, 0.29) is 5.78 Å². The highest BCUT2D eigenvalue weighted by molar-refractivity contribution is 5.75. The van der Waals surface area contributed by atoms with E-state index in [2.05, 4.69) is 67.7 Å². The lowest BCUT2D eigenvalue weighted by Gasteiger charge is -1.87. The van der Waals surface area contributed by atoms with Crippen molar-refractivity contribution >= 4 is 5.78 Å². The maximum atomic E-state index is 10.7. The number of rotatable bonds is 13. The summed E-state index contributed by atoms with van der Waals surface area (Å²) in [6.45, 7) is 3.84. The zero-order valence-electron chi connectivity index (χ0n) is 14.3. The molecule has 0 atom stereocenters. The fourth-order valence-electron chi connectivity index (χ4n) is 1.77. The Labute approximate surface area is 137 Å². The van der Waals surface area contributed by atoms with Gasteiger partial charge in [0.15, 0.2) is 0 Å². The molecule has 1 heteroatoms. The van der Waals surface area contributed by atoms with Gasteiger partial charge in [0.25, 0.3) is 0 Å². The highest BCUT2D eigenvalue weighted by atomic mass is 16.1. The van der Waals surface area contributed by atoms with E-state index in [9.17, 15) is 4.79 Å². The van der Waals surface area contributed by atoms with Crippen LogP contribution in [-0.4, -0.2) is 5.78 Å². The van der Waals surface area contributed by atoms with Gasteiger partial charge in [-0.3, -0.25) is 0 Å². The number of unbranched alkanes of at least 4 members (excludes halogenated alkanes) is 1. The molecular weight excluding hydrogens is 268 g/mol. The first-order chi connectivity index (χ1) is 10.8. The van der Waals surface area contributed by atoms with Crippen molar-refractivity contribution in [2.24, 2.45) is 0 Å². The van der Waals surface area contributed by atoms with Gasteiger partial charge in [-0.05, 0) is 45.4 Å². The van der Waals surface area contributed by atoms with Crippen LogP contribution in [0.25, 0.3) is 0 Å². The van der Waals surface area contributed by atoms with Crippen LogP contribution in [0.5, 0.6) is 0 Å². The third-order valence-corrected chi connectivity index (χ3v) is 3.04. The van der Waals surface area contributed by atoms with Crippen molar-refractivity contribution in [3.63, 3.8) is 0 Å². The second kappa shape index (κ2) is 17.4. The molecule has 0 aromatic heterocycles. The Morgan fingerprint density at radius 3 is 1.36 bits per heavy atom. The minimum atomic E-state index is 0.261. The Kier molecular flexibility index (Phi) is 16.1. The normalized spacial score (nSPS) is 12.8. The van der Waals surface area contributed by atoms with Crippen molar-refractivity contribution in [2.75, 3.05) is 0 Å². The standard InChI is InChI=1S/C21H32O/c1-3-4-5-6-7-8-9-10-11-12-13-14-15-16-17-18-19-20-21(2)22/h5-6,8-9,11-12,14-15,17-18H,3-4,7,10,13,16,19-20H2,1-2H3/b6-5-,9-8-,12-11-,15-14-,18-17-. The molecule has 0 spiro atoms. The zero-order valence-corrected chi connectivity index (χ0v) is 14.3. The molecule has 0 amide bonds. The van der Waals surface area contributed by atoms with Crippen molar-refractivity contribution in [1.29, 1.82) is 0 Å². The molecule has 122 valence electrons. The minimum absolute atomic E-state index is 0.261. The predicted molar refractivity (Wildman–Crippen MR) is 99.0 cm³/mol. The van der Waals surface area contributed by atoms with E-state index < -0.39 is 0 Å². The van der Waals surface area contributed by atoms with Crippen LogP contribution in [0.15, 0.2) is 60.8 Å². The van der Waals surface area contributed by atoms with Crippen molar-refractivity contribution in [3.8, 4) is 0 Å². The summed E-state index contributed by atoms with van der Waals surface area (Å²) in [6.07, 6.45) is 29.8. The molecule has 0 rings (SSSR count). The van der Waals surface area contributed by atoms with E-state index in [1.165, 1.54) is 12.8 Å². The molecule has 1 nitrogen and oxygen atoms in total. The molecule has 0 aromatic carbocycles. The van der Waals surface area contributed by atoms with Gasteiger partial charge >= 0.3 is 0 Å². The molecule has 0 N–H and O–H groups in total. The summed E-state index contributed by atoms with van der Waals surface area (Å²) in [5, 5.41) is 0. The quantitative estimate of drug-likeness (QED) is 0.355. The van der Waals surface area contributed by atoms with Crippen LogP contribution in [-0.2, 0) is 4.79 Å². The molecule has 0 radical (unpaired) electrons. The second-order valence-electron chi connectivity index (χ2n) is 5.33. The van der Waals surface area contributed by atoms with E-state index in [4.69, 9.17) is 0 Å². The van der Waals surface area contributed by atoms with Gasteiger partial charge in [0.2, 0.25) is 0 Å². The number of carbonyl (C=O) groups excluding carboxylic acids is 1. The van der Waals surface area contributed by atoms with Crippen LogP contribution >= 0.6 is 0 Å². The van der Waals surface area contributed by atoms with Gasteiger partial charge in [-0.2, -0.15) is 0 Å². The SMILES string of the molecule is CCC/C=C\C/C=C\C/C=C\C/C=C\C/C=C\CCC(C)=O. The molecule has 22 heavy (non-hydrogen) atoms. The molecule has 0 aliphatic heterocycles. The van der Waals surface area contributed by atoms with E-state index in [1.54, 1.807) is 6.92 Å². The minimum Gasteiger partial charge on any atom is -0.300 e. The summed E-state index contributed by atoms with van der Waals surface area (Å²) in [7, 11) is 0. The number of allylic oxidation sites excluding steroid dienone is 10. The Bertz CT molecular complexity index is 394. The van der Waals surface area contributed by atoms with Gasteiger partial charge in [0, 0.05) is 6.42 Å². The highest BCUT2D eigenvalue weighted by Gasteiger charge is 1.87. The molecule has 0 aliphatic rings. The van der Waals surface area contributed by atoms with E-state index in [0.29, 0.717) is 6.42 Å². The lowest BCUT2D eigenvalue weighted by Crippen LogP contribution is -1.85. The van der Waals surface area contributed by atoms with E-state index in [0.717, 1.165) is 32.1 Å². The maximum absolute atomic E-state index is 10.7. The van der Waals surface area contributed by atoms with Gasteiger partial charge in [-0.15, -0.1) is 0 Å². The van der Waals surface area contributed by atoms with Crippen molar-refractivity contribution in [2.45, 2.75) is 65.2 Å². The van der Waals surface area contributed by atoms with Crippen LogP contribution in [0.3, 0.4) is 0 Å². The molecule has 0 unspecified atom stereocenters. The molecule has 0 saturated carbocycles. The summed E-state index contributed by atoms with van der Waals surface area (Å²) < 4.78 is 0. The fraction of sp³-hybridized carbons (Fsp3) is 0.476. The average molecular weight is 300 g/mol. The molecule has 0 bridgehead atoms. The molecular formula is C21H32O. The van der Waals surface area contributed by atoms with Crippen molar-refractivity contribution in [3.05, 3.63) is 60.8 Å². The molecule has 0 heterocycles. The van der Waals surface area contributed by atoms with Gasteiger partial charge in [0.05, 0.1) is 0 Å². The average Bonchev–Trinajstić information content (AvgIpc) is 2.50. The Hall–Kier alpha value is -1.63. The summed E-state index contributed by atoms with van der Waals surface area (Å²) in [4.78, 5) is 10.7. The third-order valence-electron chi connectivity index (χ3n) is 3.04. The van der Waals surface area contributed by atoms with Gasteiger partial charge < -0.3 is 4.79 Å². The monoisotopic (exact) mass is 300 g/mol. The summed E-state index contributed by atoms with van der Waals surface area (Å²) in [5.41, 5.74) is 0. The van der Waals surface area contributed by atoms with Crippen LogP contribution in [0.1, 0.15) is 65.2 Å². The van der Waals surface area contributed by atoms with Crippen LogP contribution in [0.2, 0.25) is 0 Å². The van der Waals surface area contributed by atoms with E-state index >= 15 is 0 Å². The topological polar surface area (TPSA) is 17.1 Å². The number of hydrogen-bond donors (Lipinski definition) is 0. The summed E-state index contributed by atoms with van der Waals surface area (Å²) >= 11 is 0. The van der Waals surface area contributed by atoms with Crippen LogP contribution in [0.4, 0.5) is 0 Å². The zero-order chi connectivity index (χ0) is 16.3. The number of carbonyl (C=O) groups is 1. The molecule has 0 saturated heterocycles. The Morgan fingerprint density at radius 2 is 1.00 bits per heavy atom. The van der Waals surface area contributed by atoms with Crippen LogP contribution in [0, 0.1) is 0 Å². The van der Waals surface area contributed by atoms with Gasteiger partial charge in [0.1, 0.15) is 5.78 Å². The fourth-order valence-corrected chi connectivity index (χ4v) is 1.77. The number of hydrogen-bond acceptors (Lipinski definition) is 1.